The molecule has 0 saturated carbocycles. The van der Waals surface area contributed by atoms with Crippen LogP contribution >= 0.6 is 23.4 Å². The average Bonchev–Trinajstić information content (AvgIpc) is 2.74. The molecule has 11 heteroatoms. The van der Waals surface area contributed by atoms with E-state index < -0.39 is 18.2 Å². The molecule has 1 aliphatic heterocycles. The monoisotopic (exact) mass is 484 g/mol. The van der Waals surface area contributed by atoms with Crippen molar-refractivity contribution in [2.24, 2.45) is 4.99 Å². The smallest absolute Gasteiger partial charge is 0.483 e. The van der Waals surface area contributed by atoms with Crippen molar-refractivity contribution in [3.63, 3.8) is 0 Å². The van der Waals surface area contributed by atoms with E-state index in [2.05, 4.69) is 15.6 Å². The van der Waals surface area contributed by atoms with Gasteiger partial charge in [-0.05, 0) is 11.6 Å². The standard InChI is InChI=1S/C21H16ClF3N2O4S/c1-3-8-27(20(28)29-2)17-7-5-4-6-13(17)12-32-18-11-30-19-15(22)9-14(10-16(19)26-18)31-21(23,24)25/h1,4-7,9-10H,8,11-12H2,2H3. The summed E-state index contributed by atoms with van der Waals surface area (Å²) in [6, 6.07) is 9.24. The van der Waals surface area contributed by atoms with Gasteiger partial charge in [0.2, 0.25) is 0 Å². The van der Waals surface area contributed by atoms with Gasteiger partial charge in [0, 0.05) is 17.9 Å². The Hall–Kier alpha value is -3.03. The van der Waals surface area contributed by atoms with E-state index in [0.717, 1.165) is 17.7 Å². The number of rotatable bonds is 5. The molecule has 2 aromatic rings. The number of methoxy groups -OCH3 is 1. The zero-order valence-corrected chi connectivity index (χ0v) is 18.2. The van der Waals surface area contributed by atoms with Crippen LogP contribution in [0.25, 0.3) is 0 Å². The van der Waals surface area contributed by atoms with Crippen molar-refractivity contribution in [1.82, 2.24) is 0 Å². The summed E-state index contributed by atoms with van der Waals surface area (Å²) < 4.78 is 51.9. The first-order valence-electron chi connectivity index (χ1n) is 9.01. The van der Waals surface area contributed by atoms with Crippen LogP contribution in [0.3, 0.4) is 0 Å². The number of anilines is 1. The number of alkyl halides is 3. The number of aliphatic imine (C=N–C) groups is 1. The predicted molar refractivity (Wildman–Crippen MR) is 117 cm³/mol. The Morgan fingerprint density at radius 1 is 1.38 bits per heavy atom. The van der Waals surface area contributed by atoms with E-state index in [9.17, 15) is 18.0 Å². The molecule has 1 amide bonds. The van der Waals surface area contributed by atoms with Gasteiger partial charge in [-0.15, -0.1) is 31.4 Å². The van der Waals surface area contributed by atoms with Crippen LogP contribution in [-0.4, -0.2) is 37.8 Å². The number of halogens is 4. The lowest BCUT2D eigenvalue weighted by Crippen LogP contribution is -2.31. The summed E-state index contributed by atoms with van der Waals surface area (Å²) in [5.74, 6) is 2.49. The fourth-order valence-corrected chi connectivity index (χ4v) is 3.98. The summed E-state index contributed by atoms with van der Waals surface area (Å²) in [5, 5.41) is 0.469. The van der Waals surface area contributed by atoms with E-state index in [0.29, 0.717) is 16.5 Å². The molecule has 0 N–H and O–H groups in total. The van der Waals surface area contributed by atoms with Gasteiger partial charge in [0.15, 0.2) is 5.75 Å². The molecule has 0 radical (unpaired) electrons. The highest BCUT2D eigenvalue weighted by Crippen LogP contribution is 2.43. The van der Waals surface area contributed by atoms with Crippen LogP contribution in [0.1, 0.15) is 5.56 Å². The molecule has 1 aliphatic rings. The first-order valence-corrected chi connectivity index (χ1v) is 10.4. The SMILES string of the molecule is C#CCN(C(=O)OC)c1ccccc1CSC1=Nc2cc(OC(F)(F)F)cc(Cl)c2OC1. The summed E-state index contributed by atoms with van der Waals surface area (Å²) in [4.78, 5) is 17.8. The van der Waals surface area contributed by atoms with Gasteiger partial charge in [-0.25, -0.2) is 9.79 Å². The average molecular weight is 485 g/mol. The topological polar surface area (TPSA) is 60.4 Å². The Morgan fingerprint density at radius 2 is 2.12 bits per heavy atom. The number of nitrogens with zero attached hydrogens (tertiary/aromatic N) is 2. The maximum absolute atomic E-state index is 12.5. The minimum atomic E-state index is -4.86. The molecule has 0 aromatic heterocycles. The van der Waals surface area contributed by atoms with Crippen molar-refractivity contribution in [3.05, 3.63) is 47.0 Å². The normalized spacial score (nSPS) is 12.7. The highest BCUT2D eigenvalue weighted by atomic mass is 35.5. The lowest BCUT2D eigenvalue weighted by atomic mass is 10.2. The van der Waals surface area contributed by atoms with Gasteiger partial charge >= 0.3 is 12.5 Å². The van der Waals surface area contributed by atoms with Crippen molar-refractivity contribution in [2.45, 2.75) is 12.1 Å². The minimum Gasteiger partial charge on any atom is -0.483 e. The van der Waals surface area contributed by atoms with Crippen LogP contribution in [0.4, 0.5) is 29.3 Å². The van der Waals surface area contributed by atoms with Crippen molar-refractivity contribution in [1.29, 1.82) is 0 Å². The van der Waals surface area contributed by atoms with Crippen molar-refractivity contribution in [2.75, 3.05) is 25.2 Å². The molecule has 0 bridgehead atoms. The van der Waals surface area contributed by atoms with Crippen LogP contribution in [0.15, 0.2) is 41.4 Å². The number of benzene rings is 2. The fourth-order valence-electron chi connectivity index (χ4n) is 2.85. The molecule has 3 rings (SSSR count). The highest BCUT2D eigenvalue weighted by Gasteiger charge is 2.32. The van der Waals surface area contributed by atoms with Crippen LogP contribution in [0.2, 0.25) is 5.02 Å². The van der Waals surface area contributed by atoms with Crippen LogP contribution < -0.4 is 14.4 Å². The van der Waals surface area contributed by atoms with Gasteiger partial charge in [-0.2, -0.15) is 0 Å². The summed E-state index contributed by atoms with van der Waals surface area (Å²) in [6.07, 6.45) is -0.0804. The minimum absolute atomic E-state index is 0.0201. The Morgan fingerprint density at radius 3 is 2.81 bits per heavy atom. The molecule has 0 spiro atoms. The molecule has 32 heavy (non-hydrogen) atoms. The molecule has 0 saturated heterocycles. The van der Waals surface area contributed by atoms with Gasteiger partial charge in [0.25, 0.3) is 0 Å². The third-order valence-electron chi connectivity index (χ3n) is 4.14. The summed E-state index contributed by atoms with van der Waals surface area (Å²) in [7, 11) is 1.26. The lowest BCUT2D eigenvalue weighted by molar-refractivity contribution is -0.274. The second-order valence-corrected chi connectivity index (χ2v) is 7.73. The number of thioether (sulfide) groups is 1. The second kappa shape index (κ2) is 10.1. The van der Waals surface area contributed by atoms with Crippen LogP contribution in [0.5, 0.6) is 11.5 Å². The zero-order chi connectivity index (χ0) is 23.3. The second-order valence-electron chi connectivity index (χ2n) is 6.27. The van der Waals surface area contributed by atoms with Crippen LogP contribution in [0, 0.1) is 12.3 Å². The Labute approximate surface area is 191 Å². The summed E-state index contributed by atoms with van der Waals surface area (Å²) in [5.41, 5.74) is 1.48. The Kier molecular flexibility index (Phi) is 7.43. The third-order valence-corrected chi connectivity index (χ3v) is 5.42. The van der Waals surface area contributed by atoms with Gasteiger partial charge < -0.3 is 14.2 Å². The number of terminal acetylenes is 1. The number of hydrogen-bond acceptors (Lipinski definition) is 6. The number of hydrogen-bond donors (Lipinski definition) is 0. The van der Waals surface area contributed by atoms with E-state index in [1.807, 2.05) is 6.07 Å². The summed E-state index contributed by atoms with van der Waals surface area (Å²) >= 11 is 7.31. The van der Waals surface area contributed by atoms with Gasteiger partial charge in [0.05, 0.1) is 24.4 Å². The predicted octanol–water partition coefficient (Wildman–Crippen LogP) is 5.80. The molecule has 1 heterocycles. The van der Waals surface area contributed by atoms with E-state index in [4.69, 9.17) is 27.5 Å². The van der Waals surface area contributed by atoms with E-state index in [1.54, 1.807) is 18.2 Å². The summed E-state index contributed by atoms with van der Waals surface area (Å²) in [6.45, 7) is 0.108. The number of carbonyl (C=O) groups excluding carboxylic acids is 1. The van der Waals surface area contributed by atoms with Gasteiger partial charge in [-0.3, -0.25) is 4.90 Å². The molecular formula is C21H16ClF3N2O4S. The first-order chi connectivity index (χ1) is 15.2. The van der Waals surface area contributed by atoms with Gasteiger partial charge in [0.1, 0.15) is 23.1 Å². The molecule has 0 fully saturated rings. The molecular weight excluding hydrogens is 469 g/mol. The molecule has 168 valence electrons. The maximum Gasteiger partial charge on any atom is 0.573 e. The maximum atomic E-state index is 12.5. The first kappa shape index (κ1) is 23.6. The van der Waals surface area contributed by atoms with Gasteiger partial charge in [-0.1, -0.05) is 35.7 Å². The molecule has 0 aliphatic carbocycles. The number of amides is 1. The fraction of sp³-hybridized carbons (Fsp3) is 0.238. The van der Waals surface area contributed by atoms with Crippen molar-refractivity contribution in [3.8, 4) is 23.8 Å². The molecule has 0 unspecified atom stereocenters. The number of fused-ring (bicyclic) bond motifs is 1. The van der Waals surface area contributed by atoms with Crippen molar-refractivity contribution < 1.29 is 32.2 Å². The van der Waals surface area contributed by atoms with E-state index in [-0.39, 0.29) is 29.6 Å². The quantitative estimate of drug-likeness (QED) is 0.502. The molecule has 2 aromatic carbocycles. The number of carbonyl (C=O) groups is 1. The van der Waals surface area contributed by atoms with E-state index >= 15 is 0 Å². The largest absolute Gasteiger partial charge is 0.573 e. The van der Waals surface area contributed by atoms with E-state index in [1.165, 1.54) is 23.8 Å². The Balaban J connectivity index is 1.82. The van der Waals surface area contributed by atoms with Crippen LogP contribution in [-0.2, 0) is 10.5 Å². The lowest BCUT2D eigenvalue weighted by Gasteiger charge is -2.22. The molecule has 6 nitrogen and oxygen atoms in total. The van der Waals surface area contributed by atoms with Crippen molar-refractivity contribution >= 4 is 45.9 Å². The zero-order valence-electron chi connectivity index (χ0n) is 16.6. The molecule has 0 atom stereocenters. The number of ether oxygens (including phenoxy) is 3. The third kappa shape index (κ3) is 5.81. The number of para-hydroxylation sites is 1. The Bertz CT molecular complexity index is 1090. The highest BCUT2D eigenvalue weighted by molar-refractivity contribution is 8.13.